The van der Waals surface area contributed by atoms with Crippen molar-refractivity contribution in [2.75, 3.05) is 5.32 Å². The van der Waals surface area contributed by atoms with Crippen LogP contribution in [0.3, 0.4) is 0 Å². The molecule has 2 rings (SSSR count). The first-order valence-electron chi connectivity index (χ1n) is 4.39. The number of carbonyl (C=O) groups is 2. The van der Waals surface area contributed by atoms with E-state index in [9.17, 15) is 9.59 Å². The highest BCUT2D eigenvalue weighted by atomic mass is 16.4. The van der Waals surface area contributed by atoms with Gasteiger partial charge in [0.2, 0.25) is 0 Å². The van der Waals surface area contributed by atoms with E-state index in [1.807, 2.05) is 0 Å². The van der Waals surface area contributed by atoms with E-state index in [4.69, 9.17) is 5.11 Å². The number of carboxylic acids is 1. The minimum Gasteiger partial charge on any atom is -0.474 e. The number of aromatic nitrogens is 3. The third-order valence-corrected chi connectivity index (χ3v) is 2.08. The fraction of sp³-hybridized carbons (Fsp3) is 0.111. The van der Waals surface area contributed by atoms with Gasteiger partial charge in [-0.2, -0.15) is 5.10 Å². The molecule has 0 aliphatic carbocycles. The van der Waals surface area contributed by atoms with Crippen molar-refractivity contribution in [3.05, 3.63) is 18.6 Å². The summed E-state index contributed by atoms with van der Waals surface area (Å²) in [5.41, 5.74) is 0.953. The zero-order chi connectivity index (χ0) is 11.7. The van der Waals surface area contributed by atoms with Crippen molar-refractivity contribution in [1.82, 2.24) is 14.8 Å². The van der Waals surface area contributed by atoms with Gasteiger partial charge in [0.25, 0.3) is 0 Å². The van der Waals surface area contributed by atoms with Crippen LogP contribution < -0.4 is 5.32 Å². The van der Waals surface area contributed by atoms with Crippen molar-refractivity contribution in [3.8, 4) is 0 Å². The molecule has 0 atom stereocenters. The number of hydrogen-bond acceptors (Lipinski definition) is 4. The lowest BCUT2D eigenvalue weighted by Gasteiger charge is -2.04. The number of aliphatic carboxylic acids is 1. The van der Waals surface area contributed by atoms with E-state index < -0.39 is 11.9 Å². The molecule has 82 valence electrons. The molecule has 0 bridgehead atoms. The maximum Gasteiger partial charge on any atom is 0.394 e. The number of fused-ring (bicyclic) bond motifs is 1. The predicted octanol–water partition coefficient (Wildman–Crippen LogP) is -0.00860. The number of hydrogen-bond donors (Lipinski definition) is 2. The lowest BCUT2D eigenvalue weighted by molar-refractivity contribution is -0.147. The average Bonchev–Trinajstić information content (AvgIpc) is 2.61. The van der Waals surface area contributed by atoms with Crippen molar-refractivity contribution < 1.29 is 14.7 Å². The van der Waals surface area contributed by atoms with Gasteiger partial charge in [-0.25, -0.2) is 4.79 Å². The number of rotatable bonds is 1. The number of nitrogens with one attached hydrogen (secondary N) is 1. The Morgan fingerprint density at radius 3 is 2.81 bits per heavy atom. The van der Waals surface area contributed by atoms with Crippen LogP contribution in [-0.4, -0.2) is 31.7 Å². The molecule has 1 amide bonds. The van der Waals surface area contributed by atoms with Gasteiger partial charge in [-0.05, 0) is 0 Å². The molecule has 2 aromatic rings. The summed E-state index contributed by atoms with van der Waals surface area (Å²) in [6.45, 7) is 0. The Kier molecular flexibility index (Phi) is 2.28. The minimum absolute atomic E-state index is 0.324. The molecule has 2 N–H and O–H groups in total. The van der Waals surface area contributed by atoms with Gasteiger partial charge in [0.05, 0.1) is 23.6 Å². The number of aryl methyl sites for hydroxylation is 1. The van der Waals surface area contributed by atoms with E-state index in [0.29, 0.717) is 11.2 Å². The van der Waals surface area contributed by atoms with E-state index in [2.05, 4.69) is 15.4 Å². The molecule has 7 heteroatoms. The van der Waals surface area contributed by atoms with Crippen LogP contribution in [0, 0.1) is 0 Å². The standard InChI is InChI=1S/C9H8N4O3/c1-13-7-5(3-11-13)2-10-4-6(7)12-8(14)9(15)16/h2-4H,1H3,(H,12,14)(H,15,16). The molecule has 0 saturated heterocycles. The van der Waals surface area contributed by atoms with Crippen molar-refractivity contribution >= 4 is 28.5 Å². The summed E-state index contributed by atoms with van der Waals surface area (Å²) in [6, 6.07) is 0. The fourth-order valence-electron chi connectivity index (χ4n) is 1.40. The van der Waals surface area contributed by atoms with Crippen LogP contribution in [0.5, 0.6) is 0 Å². The van der Waals surface area contributed by atoms with Gasteiger partial charge >= 0.3 is 11.9 Å². The predicted molar refractivity (Wildman–Crippen MR) is 54.8 cm³/mol. The topological polar surface area (TPSA) is 97.1 Å². The summed E-state index contributed by atoms with van der Waals surface area (Å²) in [4.78, 5) is 25.3. The third kappa shape index (κ3) is 1.58. The molecule has 0 unspecified atom stereocenters. The van der Waals surface area contributed by atoms with Crippen LogP contribution in [0.1, 0.15) is 0 Å². The van der Waals surface area contributed by atoms with Gasteiger partial charge in [-0.1, -0.05) is 0 Å². The summed E-state index contributed by atoms with van der Waals surface area (Å²) in [5.74, 6) is -2.64. The Morgan fingerprint density at radius 1 is 1.38 bits per heavy atom. The largest absolute Gasteiger partial charge is 0.474 e. The molecule has 0 spiro atoms. The first-order chi connectivity index (χ1) is 7.59. The van der Waals surface area contributed by atoms with E-state index in [-0.39, 0.29) is 0 Å². The molecule has 0 saturated carbocycles. The van der Waals surface area contributed by atoms with Gasteiger partial charge < -0.3 is 10.4 Å². The third-order valence-electron chi connectivity index (χ3n) is 2.08. The van der Waals surface area contributed by atoms with Crippen molar-refractivity contribution in [2.45, 2.75) is 0 Å². The molecule has 0 radical (unpaired) electrons. The Morgan fingerprint density at radius 2 is 2.12 bits per heavy atom. The smallest absolute Gasteiger partial charge is 0.394 e. The molecule has 2 aromatic heterocycles. The number of pyridine rings is 1. The zero-order valence-electron chi connectivity index (χ0n) is 8.34. The van der Waals surface area contributed by atoms with Crippen LogP contribution in [0.4, 0.5) is 5.69 Å². The maximum absolute atomic E-state index is 11.0. The lowest BCUT2D eigenvalue weighted by Crippen LogP contribution is -2.22. The van der Waals surface area contributed by atoms with Gasteiger partial charge in [-0.3, -0.25) is 14.5 Å². The second-order valence-corrected chi connectivity index (χ2v) is 3.15. The summed E-state index contributed by atoms with van der Waals surface area (Å²) in [5, 5.41) is 15.4. The monoisotopic (exact) mass is 220 g/mol. The van der Waals surface area contributed by atoms with Crippen LogP contribution in [0.25, 0.3) is 10.9 Å². The lowest BCUT2D eigenvalue weighted by atomic mass is 10.3. The van der Waals surface area contributed by atoms with E-state index >= 15 is 0 Å². The van der Waals surface area contributed by atoms with E-state index in [1.165, 1.54) is 10.9 Å². The van der Waals surface area contributed by atoms with Crippen LogP contribution in [0.2, 0.25) is 0 Å². The van der Waals surface area contributed by atoms with Gasteiger partial charge in [0, 0.05) is 18.6 Å². The van der Waals surface area contributed by atoms with E-state index in [1.54, 1.807) is 19.4 Å². The highest BCUT2D eigenvalue weighted by molar-refractivity contribution is 6.37. The molecule has 0 aromatic carbocycles. The van der Waals surface area contributed by atoms with Crippen molar-refractivity contribution in [1.29, 1.82) is 0 Å². The molecule has 0 aliphatic rings. The molecule has 7 nitrogen and oxygen atoms in total. The van der Waals surface area contributed by atoms with Crippen molar-refractivity contribution in [2.24, 2.45) is 7.05 Å². The fourth-order valence-corrected chi connectivity index (χ4v) is 1.40. The van der Waals surface area contributed by atoms with Gasteiger partial charge in [0.1, 0.15) is 0 Å². The maximum atomic E-state index is 11.0. The Labute approximate surface area is 89.7 Å². The Bertz CT molecular complexity index is 575. The minimum atomic E-state index is -1.54. The summed E-state index contributed by atoms with van der Waals surface area (Å²) in [7, 11) is 1.69. The first-order valence-corrected chi connectivity index (χ1v) is 4.39. The number of amides is 1. The second kappa shape index (κ2) is 3.61. The quantitative estimate of drug-likeness (QED) is 0.659. The molecule has 0 fully saturated rings. The van der Waals surface area contributed by atoms with Crippen LogP contribution >= 0.6 is 0 Å². The summed E-state index contributed by atoms with van der Waals surface area (Å²) in [6.07, 6.45) is 4.54. The zero-order valence-corrected chi connectivity index (χ0v) is 8.34. The van der Waals surface area contributed by atoms with Crippen LogP contribution in [0.15, 0.2) is 18.6 Å². The number of anilines is 1. The molecule has 0 aliphatic heterocycles. The van der Waals surface area contributed by atoms with Gasteiger partial charge in [-0.15, -0.1) is 0 Å². The first kappa shape index (κ1) is 10.1. The molecule has 2 heterocycles. The Balaban J connectivity index is 2.48. The molecular formula is C9H8N4O3. The van der Waals surface area contributed by atoms with Crippen LogP contribution in [-0.2, 0) is 16.6 Å². The van der Waals surface area contributed by atoms with E-state index in [0.717, 1.165) is 5.39 Å². The van der Waals surface area contributed by atoms with Gasteiger partial charge in [0.15, 0.2) is 0 Å². The second-order valence-electron chi connectivity index (χ2n) is 3.15. The highest BCUT2D eigenvalue weighted by Gasteiger charge is 2.14. The molecule has 16 heavy (non-hydrogen) atoms. The Hall–Kier alpha value is -2.44. The molecular weight excluding hydrogens is 212 g/mol. The number of carboxylic acid groups (broad SMARTS) is 1. The number of carbonyl (C=O) groups excluding carboxylic acids is 1. The number of nitrogens with zero attached hydrogens (tertiary/aromatic N) is 3. The summed E-state index contributed by atoms with van der Waals surface area (Å²) >= 11 is 0. The normalized spacial score (nSPS) is 10.3. The van der Waals surface area contributed by atoms with Crippen molar-refractivity contribution in [3.63, 3.8) is 0 Å². The average molecular weight is 220 g/mol. The highest BCUT2D eigenvalue weighted by Crippen LogP contribution is 2.20. The summed E-state index contributed by atoms with van der Waals surface area (Å²) < 4.78 is 1.54. The SMILES string of the molecule is Cn1ncc2cncc(NC(=O)C(=O)O)c21.